The maximum atomic E-state index is 14.0. The second-order valence-electron chi connectivity index (χ2n) is 13.6. The van der Waals surface area contributed by atoms with E-state index in [0.29, 0.717) is 27.8 Å². The molecule has 6 rings (SSSR count). The zero-order valence-corrected chi connectivity index (χ0v) is 25.4. The number of carbonyl (C=O) groups excluding carboxylic acids is 2. The minimum absolute atomic E-state index is 0.0460. The summed E-state index contributed by atoms with van der Waals surface area (Å²) in [4.78, 5) is 27.3. The van der Waals surface area contributed by atoms with Crippen LogP contribution in [0, 0.1) is 29.1 Å². The van der Waals surface area contributed by atoms with Gasteiger partial charge in [0, 0.05) is 5.02 Å². The highest BCUT2D eigenvalue weighted by atomic mass is 35.5. The van der Waals surface area contributed by atoms with Crippen LogP contribution >= 0.6 is 23.2 Å². The van der Waals surface area contributed by atoms with Crippen LogP contribution in [0.2, 0.25) is 10.0 Å². The average molecular weight is 577 g/mol. The lowest BCUT2D eigenvalue weighted by Gasteiger charge is -2.64. The van der Waals surface area contributed by atoms with Crippen molar-refractivity contribution in [3.05, 3.63) is 33.8 Å². The lowest BCUT2D eigenvalue weighted by Crippen LogP contribution is -2.65. The molecule has 4 saturated carbocycles. The molecule has 0 spiro atoms. The molecule has 6 nitrogen and oxygen atoms in total. The van der Waals surface area contributed by atoms with Gasteiger partial charge in [-0.25, -0.2) is 0 Å². The van der Waals surface area contributed by atoms with Crippen molar-refractivity contribution in [2.75, 3.05) is 0 Å². The molecule has 1 aromatic carbocycles. The summed E-state index contributed by atoms with van der Waals surface area (Å²) in [6.45, 7) is 11.2. The summed E-state index contributed by atoms with van der Waals surface area (Å²) in [5, 5.41) is 7.04. The number of benzene rings is 1. The Morgan fingerprint density at radius 1 is 1.08 bits per heavy atom. The summed E-state index contributed by atoms with van der Waals surface area (Å²) in [6, 6.07) is 4.13. The van der Waals surface area contributed by atoms with Crippen LogP contribution in [0.1, 0.15) is 96.3 Å². The van der Waals surface area contributed by atoms with Gasteiger partial charge in [-0.2, -0.15) is 0 Å². The van der Waals surface area contributed by atoms with Gasteiger partial charge in [0.2, 0.25) is 5.91 Å². The number of amides is 2. The number of rotatable bonds is 8. The van der Waals surface area contributed by atoms with E-state index in [2.05, 4.69) is 45.3 Å². The van der Waals surface area contributed by atoms with Gasteiger partial charge in [-0.15, -0.1) is 0 Å². The Hall–Kier alpha value is -1.28. The lowest BCUT2D eigenvalue weighted by atomic mass is 9.43. The van der Waals surface area contributed by atoms with Crippen LogP contribution in [0.3, 0.4) is 0 Å². The van der Waals surface area contributed by atoms with Crippen LogP contribution in [0.15, 0.2) is 18.2 Å². The molecule has 5 fully saturated rings. The van der Waals surface area contributed by atoms with Gasteiger partial charge in [0.25, 0.3) is 5.91 Å². The number of carbonyl (C=O) groups is 2. The van der Waals surface area contributed by atoms with Crippen molar-refractivity contribution in [2.45, 2.75) is 110 Å². The molecule has 214 valence electrons. The molecule has 1 heterocycles. The monoisotopic (exact) mass is 576 g/mol. The molecule has 39 heavy (non-hydrogen) atoms. The molecule has 1 aliphatic heterocycles. The molecule has 2 bridgehead atoms. The highest BCUT2D eigenvalue weighted by Gasteiger charge is 2.68. The van der Waals surface area contributed by atoms with Crippen LogP contribution in [0.4, 0.5) is 0 Å². The molecule has 0 aromatic heterocycles. The largest absolute Gasteiger partial charge is 0.481 e. The maximum Gasteiger partial charge on any atom is 0.481 e. The van der Waals surface area contributed by atoms with Crippen molar-refractivity contribution in [3.63, 3.8) is 0 Å². The van der Waals surface area contributed by atoms with Crippen molar-refractivity contribution in [1.82, 2.24) is 10.6 Å². The molecule has 0 radical (unpaired) electrons. The van der Waals surface area contributed by atoms with Crippen molar-refractivity contribution < 1.29 is 18.9 Å². The first-order chi connectivity index (χ1) is 18.4. The van der Waals surface area contributed by atoms with Crippen molar-refractivity contribution in [2.24, 2.45) is 29.1 Å². The standard InChI is InChI=1S/C30H43BCl2N2O4/c1-17(2)13-25(31-38-24-15-19-14-23(29(19,3)4)30(24,5)39-31)34-28(37)26(18-9-7-6-8-10-18)35-27(36)21-16-20(32)11-12-22(21)33/h11-12,16-19,23-26H,6-10,13-15H2,1-5H3,(H,34,37)(H,35,36)/t19-,23-,24+,25-,26+,30-/m0/s1. The number of hydrogen-bond donors (Lipinski definition) is 2. The van der Waals surface area contributed by atoms with E-state index in [1.54, 1.807) is 18.2 Å². The predicted octanol–water partition coefficient (Wildman–Crippen LogP) is 6.47. The predicted molar refractivity (Wildman–Crippen MR) is 156 cm³/mol. The van der Waals surface area contributed by atoms with E-state index < -0.39 is 13.2 Å². The van der Waals surface area contributed by atoms with Gasteiger partial charge in [-0.3, -0.25) is 9.59 Å². The minimum atomic E-state index is -0.673. The molecule has 2 N–H and O–H groups in total. The Morgan fingerprint density at radius 2 is 1.79 bits per heavy atom. The number of halogens is 2. The molecule has 5 aliphatic rings. The first kappa shape index (κ1) is 29.2. The van der Waals surface area contributed by atoms with Gasteiger partial charge in [0.1, 0.15) is 6.04 Å². The third-order valence-corrected chi connectivity index (χ3v) is 10.8. The topological polar surface area (TPSA) is 76.7 Å². The van der Waals surface area contributed by atoms with Crippen molar-refractivity contribution >= 4 is 42.1 Å². The molecule has 2 amide bonds. The van der Waals surface area contributed by atoms with E-state index in [9.17, 15) is 9.59 Å². The first-order valence-corrected chi connectivity index (χ1v) is 15.5. The molecular weight excluding hydrogens is 534 g/mol. The Labute approximate surface area is 243 Å². The molecule has 1 saturated heterocycles. The summed E-state index contributed by atoms with van der Waals surface area (Å²) in [7, 11) is -0.508. The van der Waals surface area contributed by atoms with E-state index in [0.717, 1.165) is 44.9 Å². The van der Waals surface area contributed by atoms with Gasteiger partial charge < -0.3 is 19.9 Å². The third kappa shape index (κ3) is 5.63. The summed E-state index contributed by atoms with van der Waals surface area (Å²) in [6.07, 6.45) is 7.98. The van der Waals surface area contributed by atoms with Crippen molar-refractivity contribution in [1.29, 1.82) is 0 Å². The molecular formula is C30H43BCl2N2O4. The van der Waals surface area contributed by atoms with Crippen molar-refractivity contribution in [3.8, 4) is 0 Å². The van der Waals surface area contributed by atoms with E-state index in [-0.39, 0.29) is 46.4 Å². The van der Waals surface area contributed by atoms with Crippen LogP contribution in [0.25, 0.3) is 0 Å². The summed E-state index contributed by atoms with van der Waals surface area (Å²) < 4.78 is 13.3. The average Bonchev–Trinajstić information content (AvgIpc) is 3.25. The highest BCUT2D eigenvalue weighted by Crippen LogP contribution is 2.65. The van der Waals surface area contributed by atoms with Gasteiger partial charge >= 0.3 is 7.12 Å². The zero-order valence-electron chi connectivity index (χ0n) is 23.9. The molecule has 6 atom stereocenters. The van der Waals surface area contributed by atoms with E-state index >= 15 is 0 Å². The smallest absolute Gasteiger partial charge is 0.404 e. The fraction of sp³-hybridized carbons (Fsp3) is 0.733. The Kier molecular flexibility index (Phi) is 8.38. The highest BCUT2D eigenvalue weighted by molar-refractivity contribution is 6.48. The van der Waals surface area contributed by atoms with E-state index in [1.165, 1.54) is 6.42 Å². The number of hydrogen-bond acceptors (Lipinski definition) is 4. The molecule has 0 unspecified atom stereocenters. The second-order valence-corrected chi connectivity index (χ2v) is 14.4. The Morgan fingerprint density at radius 3 is 2.46 bits per heavy atom. The fourth-order valence-corrected chi connectivity index (χ4v) is 8.22. The third-order valence-electron chi connectivity index (χ3n) is 10.2. The van der Waals surface area contributed by atoms with E-state index in [4.69, 9.17) is 32.5 Å². The number of nitrogens with one attached hydrogen (secondary N) is 2. The normalized spacial score (nSPS) is 31.3. The van der Waals surface area contributed by atoms with Gasteiger partial charge in [-0.1, -0.05) is 70.2 Å². The molecule has 9 heteroatoms. The maximum absolute atomic E-state index is 14.0. The van der Waals surface area contributed by atoms with E-state index in [1.807, 2.05) is 0 Å². The molecule has 4 aliphatic carbocycles. The van der Waals surface area contributed by atoms with Gasteiger partial charge in [0.15, 0.2) is 0 Å². The first-order valence-electron chi connectivity index (χ1n) is 14.8. The lowest BCUT2D eigenvalue weighted by molar-refractivity contribution is -0.199. The van der Waals surface area contributed by atoms with Crippen LogP contribution in [-0.2, 0) is 14.1 Å². The second kappa shape index (κ2) is 11.2. The van der Waals surface area contributed by atoms with Gasteiger partial charge in [-0.05, 0) is 86.3 Å². The summed E-state index contributed by atoms with van der Waals surface area (Å²) in [5.41, 5.74) is 0.180. The zero-order chi connectivity index (χ0) is 28.1. The van der Waals surface area contributed by atoms with Gasteiger partial charge in [0.05, 0.1) is 28.2 Å². The SMILES string of the molecule is CC(C)C[C@H](NC(=O)[C@H](NC(=O)c1cc(Cl)ccc1Cl)C1CCCCC1)B1O[C@@H]2C[C@@H]3C[C@@H](C3(C)C)[C@]2(C)O1. The molecule has 1 aromatic rings. The quantitative estimate of drug-likeness (QED) is 0.348. The summed E-state index contributed by atoms with van der Waals surface area (Å²) in [5.74, 6) is 0.613. The Bertz CT molecular complexity index is 1090. The summed E-state index contributed by atoms with van der Waals surface area (Å²) >= 11 is 12.5. The minimum Gasteiger partial charge on any atom is -0.404 e. The Balaban J connectivity index is 1.35. The fourth-order valence-electron chi connectivity index (χ4n) is 7.84. The van der Waals surface area contributed by atoms with Crippen LogP contribution in [-0.4, -0.2) is 42.6 Å². The van der Waals surface area contributed by atoms with Crippen LogP contribution < -0.4 is 10.6 Å². The van der Waals surface area contributed by atoms with Crippen LogP contribution in [0.5, 0.6) is 0 Å².